The smallest absolute Gasteiger partial charge is 0.240 e. The fourth-order valence-electron chi connectivity index (χ4n) is 1.41. The Labute approximate surface area is 113 Å². The molecule has 1 atom stereocenters. The second-order valence-corrected chi connectivity index (χ2v) is 5.92. The van der Waals surface area contributed by atoms with Gasteiger partial charge in [-0.1, -0.05) is 19.1 Å². The fraction of sp³-hybridized carbons (Fsp3) is 0.417. The van der Waals surface area contributed by atoms with E-state index in [9.17, 15) is 13.2 Å². The zero-order chi connectivity index (χ0) is 14.5. The van der Waals surface area contributed by atoms with Crippen molar-refractivity contribution >= 4 is 15.9 Å². The van der Waals surface area contributed by atoms with Crippen LogP contribution in [-0.2, 0) is 21.4 Å². The van der Waals surface area contributed by atoms with Crippen molar-refractivity contribution in [1.29, 1.82) is 0 Å². The molecule has 0 fully saturated rings. The molecule has 6 nitrogen and oxygen atoms in total. The van der Waals surface area contributed by atoms with Gasteiger partial charge in [-0.2, -0.15) is 0 Å². The molecule has 0 unspecified atom stereocenters. The second kappa shape index (κ2) is 6.65. The number of nitrogens with two attached hydrogens (primary N) is 1. The van der Waals surface area contributed by atoms with E-state index in [4.69, 9.17) is 5.73 Å². The van der Waals surface area contributed by atoms with Gasteiger partial charge < -0.3 is 11.1 Å². The highest BCUT2D eigenvalue weighted by Gasteiger charge is 2.12. The number of benzene rings is 1. The van der Waals surface area contributed by atoms with Crippen molar-refractivity contribution in [3.8, 4) is 0 Å². The topological polar surface area (TPSA) is 101 Å². The molecule has 0 heterocycles. The van der Waals surface area contributed by atoms with Crippen molar-refractivity contribution in [2.45, 2.75) is 31.3 Å². The molecule has 0 saturated heterocycles. The van der Waals surface area contributed by atoms with Crippen LogP contribution in [0, 0.1) is 0 Å². The lowest BCUT2D eigenvalue weighted by Crippen LogP contribution is -2.37. The van der Waals surface area contributed by atoms with Gasteiger partial charge in [0.25, 0.3) is 0 Å². The summed E-state index contributed by atoms with van der Waals surface area (Å²) in [7, 11) is -3.43. The van der Waals surface area contributed by atoms with E-state index in [2.05, 4.69) is 10.0 Å². The van der Waals surface area contributed by atoms with E-state index in [0.717, 1.165) is 5.56 Å². The minimum atomic E-state index is -3.43. The maximum Gasteiger partial charge on any atom is 0.240 e. The van der Waals surface area contributed by atoms with E-state index < -0.39 is 16.1 Å². The Morgan fingerprint density at radius 2 is 1.89 bits per heavy atom. The fourth-order valence-corrected chi connectivity index (χ4v) is 2.45. The maximum atomic E-state index is 11.7. The minimum Gasteiger partial charge on any atom is -0.351 e. The maximum absolute atomic E-state index is 11.7. The molecule has 1 amide bonds. The monoisotopic (exact) mass is 285 g/mol. The van der Waals surface area contributed by atoms with Gasteiger partial charge in [-0.25, -0.2) is 13.1 Å². The zero-order valence-electron chi connectivity index (χ0n) is 11.0. The Hall–Kier alpha value is -1.44. The molecule has 1 aromatic rings. The standard InChI is InChI=1S/C12H19N3O3S/c1-3-15-19(17,18)11-6-4-10(5-7-11)8-14-12(16)9(2)13/h4-7,9,15H,3,8,13H2,1-2H3,(H,14,16)/t9-/m0/s1. The summed E-state index contributed by atoms with van der Waals surface area (Å²) < 4.78 is 25.8. The molecule has 0 bridgehead atoms. The molecule has 0 aromatic heterocycles. The first-order chi connectivity index (χ1) is 8.86. The van der Waals surface area contributed by atoms with E-state index in [1.165, 1.54) is 12.1 Å². The van der Waals surface area contributed by atoms with E-state index in [1.54, 1.807) is 26.0 Å². The summed E-state index contributed by atoms with van der Waals surface area (Å²) in [6, 6.07) is 5.77. The SMILES string of the molecule is CCNS(=O)(=O)c1ccc(CNC(=O)[C@H](C)N)cc1. The predicted molar refractivity (Wildman–Crippen MR) is 72.8 cm³/mol. The van der Waals surface area contributed by atoms with Crippen molar-refractivity contribution in [1.82, 2.24) is 10.0 Å². The van der Waals surface area contributed by atoms with Crippen LogP contribution in [-0.4, -0.2) is 26.9 Å². The van der Waals surface area contributed by atoms with Gasteiger partial charge in [-0.3, -0.25) is 4.79 Å². The average Bonchev–Trinajstić information content (AvgIpc) is 2.36. The first kappa shape index (κ1) is 15.6. The second-order valence-electron chi connectivity index (χ2n) is 4.15. The van der Waals surface area contributed by atoms with Gasteiger partial charge in [0.2, 0.25) is 15.9 Å². The molecule has 0 aliphatic carbocycles. The van der Waals surface area contributed by atoms with Crippen molar-refractivity contribution < 1.29 is 13.2 Å². The number of sulfonamides is 1. The lowest BCUT2D eigenvalue weighted by Gasteiger charge is -2.09. The number of hydrogen-bond donors (Lipinski definition) is 3. The van der Waals surface area contributed by atoms with E-state index in [-0.39, 0.29) is 10.8 Å². The molecule has 0 radical (unpaired) electrons. The van der Waals surface area contributed by atoms with Crippen molar-refractivity contribution in [2.75, 3.05) is 6.54 Å². The van der Waals surface area contributed by atoms with Crippen LogP contribution in [0.3, 0.4) is 0 Å². The van der Waals surface area contributed by atoms with Crippen LogP contribution >= 0.6 is 0 Å². The van der Waals surface area contributed by atoms with E-state index in [0.29, 0.717) is 13.1 Å². The molecule has 1 rings (SSSR count). The summed E-state index contributed by atoms with van der Waals surface area (Å²) in [5.74, 6) is -0.246. The summed E-state index contributed by atoms with van der Waals surface area (Å²) >= 11 is 0. The molecular weight excluding hydrogens is 266 g/mol. The van der Waals surface area contributed by atoms with E-state index in [1.807, 2.05) is 0 Å². The lowest BCUT2D eigenvalue weighted by molar-refractivity contribution is -0.122. The van der Waals surface area contributed by atoms with Gasteiger partial charge in [0, 0.05) is 13.1 Å². The first-order valence-corrected chi connectivity index (χ1v) is 7.47. The Balaban J connectivity index is 2.70. The summed E-state index contributed by atoms with van der Waals surface area (Å²) in [5, 5.41) is 2.65. The summed E-state index contributed by atoms with van der Waals surface area (Å²) in [5.41, 5.74) is 6.22. The van der Waals surface area contributed by atoms with Gasteiger partial charge >= 0.3 is 0 Å². The lowest BCUT2D eigenvalue weighted by atomic mass is 10.2. The number of carbonyl (C=O) groups is 1. The zero-order valence-corrected chi connectivity index (χ0v) is 11.8. The molecule has 0 aliphatic rings. The van der Waals surface area contributed by atoms with Gasteiger partial charge in [0.1, 0.15) is 0 Å². The van der Waals surface area contributed by atoms with Gasteiger partial charge in [-0.15, -0.1) is 0 Å². The molecular formula is C12H19N3O3S. The third kappa shape index (κ3) is 4.62. The number of nitrogens with one attached hydrogen (secondary N) is 2. The molecule has 0 spiro atoms. The number of carbonyl (C=O) groups excluding carboxylic acids is 1. The molecule has 0 saturated carbocycles. The van der Waals surface area contributed by atoms with Crippen molar-refractivity contribution in [3.05, 3.63) is 29.8 Å². The molecule has 106 valence electrons. The van der Waals surface area contributed by atoms with Crippen molar-refractivity contribution in [3.63, 3.8) is 0 Å². The minimum absolute atomic E-state index is 0.205. The largest absolute Gasteiger partial charge is 0.351 e. The first-order valence-electron chi connectivity index (χ1n) is 5.98. The molecule has 0 aliphatic heterocycles. The quantitative estimate of drug-likeness (QED) is 0.682. The van der Waals surface area contributed by atoms with Crippen LogP contribution in [0.2, 0.25) is 0 Å². The Bertz CT molecular complexity index is 524. The van der Waals surface area contributed by atoms with Crippen LogP contribution in [0.5, 0.6) is 0 Å². The van der Waals surface area contributed by atoms with Gasteiger partial charge in [-0.05, 0) is 24.6 Å². The highest BCUT2D eigenvalue weighted by atomic mass is 32.2. The molecule has 19 heavy (non-hydrogen) atoms. The normalized spacial score (nSPS) is 13.0. The average molecular weight is 285 g/mol. The highest BCUT2D eigenvalue weighted by molar-refractivity contribution is 7.89. The van der Waals surface area contributed by atoms with Crippen molar-refractivity contribution in [2.24, 2.45) is 5.73 Å². The summed E-state index contributed by atoms with van der Waals surface area (Å²) in [4.78, 5) is 11.5. The Kier molecular flexibility index (Phi) is 5.46. The number of rotatable bonds is 6. The molecule has 4 N–H and O–H groups in total. The summed E-state index contributed by atoms with van der Waals surface area (Å²) in [6.07, 6.45) is 0. The Morgan fingerprint density at radius 1 is 1.32 bits per heavy atom. The van der Waals surface area contributed by atoms with Crippen LogP contribution in [0.25, 0.3) is 0 Å². The van der Waals surface area contributed by atoms with Crippen LogP contribution < -0.4 is 15.8 Å². The molecule has 7 heteroatoms. The molecule has 1 aromatic carbocycles. The van der Waals surface area contributed by atoms with Crippen LogP contribution in [0.4, 0.5) is 0 Å². The van der Waals surface area contributed by atoms with E-state index >= 15 is 0 Å². The van der Waals surface area contributed by atoms with Gasteiger partial charge in [0.15, 0.2) is 0 Å². The van der Waals surface area contributed by atoms with Crippen LogP contribution in [0.1, 0.15) is 19.4 Å². The Morgan fingerprint density at radius 3 is 2.37 bits per heavy atom. The third-order valence-corrected chi connectivity index (χ3v) is 4.01. The highest BCUT2D eigenvalue weighted by Crippen LogP contribution is 2.10. The summed E-state index contributed by atoms with van der Waals surface area (Å²) in [6.45, 7) is 3.98. The predicted octanol–water partition coefficient (Wildman–Crippen LogP) is -0.0518. The third-order valence-electron chi connectivity index (χ3n) is 2.45. The number of hydrogen-bond acceptors (Lipinski definition) is 4. The van der Waals surface area contributed by atoms with Crippen LogP contribution in [0.15, 0.2) is 29.2 Å². The number of amides is 1. The van der Waals surface area contributed by atoms with Gasteiger partial charge in [0.05, 0.1) is 10.9 Å².